The van der Waals surface area contributed by atoms with Gasteiger partial charge in [0.15, 0.2) is 0 Å². The van der Waals surface area contributed by atoms with Gasteiger partial charge in [0.2, 0.25) is 5.91 Å². The summed E-state index contributed by atoms with van der Waals surface area (Å²) >= 11 is 0. The lowest BCUT2D eigenvalue weighted by atomic mass is 10.1. The van der Waals surface area contributed by atoms with Crippen molar-refractivity contribution in [3.05, 3.63) is 29.3 Å². The summed E-state index contributed by atoms with van der Waals surface area (Å²) in [4.78, 5) is 14.1. The first kappa shape index (κ1) is 12.4. The largest absolute Gasteiger partial charge is 0.388 e. The van der Waals surface area contributed by atoms with E-state index in [-0.39, 0.29) is 5.91 Å². The number of β-amino-alcohol motifs (C(OH)–C–C–N with tert-alkyl or cyclic N) is 1. The van der Waals surface area contributed by atoms with Crippen molar-refractivity contribution in [2.45, 2.75) is 31.3 Å². The first-order valence-corrected chi connectivity index (χ1v) is 7.49. The molecule has 0 spiro atoms. The number of carbonyl (C=O) groups is 1. The van der Waals surface area contributed by atoms with Gasteiger partial charge in [-0.3, -0.25) is 9.69 Å². The van der Waals surface area contributed by atoms with E-state index < -0.39 is 5.60 Å². The van der Waals surface area contributed by atoms with Crippen LogP contribution in [0.2, 0.25) is 0 Å². The van der Waals surface area contributed by atoms with Crippen LogP contribution < -0.4 is 5.32 Å². The molecule has 2 N–H and O–H groups in total. The number of carbonyl (C=O) groups excluding carboxylic acids is 1. The number of likely N-dealkylation sites (tertiary alicyclic amines) is 1. The Balaban J connectivity index is 1.36. The van der Waals surface area contributed by atoms with Gasteiger partial charge in [0.25, 0.3) is 0 Å². The average Bonchev–Trinajstić information content (AvgIpc) is 2.76. The number of benzene rings is 1. The average molecular weight is 272 g/mol. The molecule has 2 aliphatic carbocycles. The molecular formula is C16H20N2O2. The molecule has 106 valence electrons. The number of rotatable bonds is 3. The van der Waals surface area contributed by atoms with E-state index in [1.807, 2.05) is 6.07 Å². The normalized spacial score (nSPS) is 30.9. The SMILES string of the molecule is O=C(CN1CC2CC2(O)C1)Nc1ccc2c(c1)CCC2. The zero-order valence-electron chi connectivity index (χ0n) is 11.6. The fraction of sp³-hybridized carbons (Fsp3) is 0.562. The molecule has 1 aromatic carbocycles. The van der Waals surface area contributed by atoms with Crippen molar-refractivity contribution in [3.8, 4) is 0 Å². The maximum atomic E-state index is 12.1. The van der Waals surface area contributed by atoms with Crippen LogP contribution in [0.25, 0.3) is 0 Å². The second-order valence-corrected chi connectivity index (χ2v) is 6.56. The summed E-state index contributed by atoms with van der Waals surface area (Å²) in [5.74, 6) is 0.420. The van der Waals surface area contributed by atoms with Crippen LogP contribution in [-0.4, -0.2) is 41.1 Å². The molecule has 2 fully saturated rings. The highest BCUT2D eigenvalue weighted by Crippen LogP contribution is 2.49. The van der Waals surface area contributed by atoms with E-state index in [0.717, 1.165) is 31.5 Å². The molecule has 1 saturated heterocycles. The minimum absolute atomic E-state index is 0.0212. The molecule has 0 bridgehead atoms. The van der Waals surface area contributed by atoms with Crippen LogP contribution in [0.1, 0.15) is 24.0 Å². The Kier molecular flexibility index (Phi) is 2.66. The van der Waals surface area contributed by atoms with Gasteiger partial charge < -0.3 is 10.4 Å². The van der Waals surface area contributed by atoms with Crippen molar-refractivity contribution in [3.63, 3.8) is 0 Å². The molecular weight excluding hydrogens is 252 g/mol. The van der Waals surface area contributed by atoms with Crippen LogP contribution in [0.3, 0.4) is 0 Å². The Morgan fingerprint density at radius 2 is 2.25 bits per heavy atom. The van der Waals surface area contributed by atoms with Crippen LogP contribution in [0.15, 0.2) is 18.2 Å². The number of aliphatic hydroxyl groups is 1. The quantitative estimate of drug-likeness (QED) is 0.869. The third-order valence-corrected chi connectivity index (χ3v) is 4.93. The van der Waals surface area contributed by atoms with Crippen molar-refractivity contribution < 1.29 is 9.90 Å². The molecule has 4 rings (SSSR count). The summed E-state index contributed by atoms with van der Waals surface area (Å²) in [5, 5.41) is 13.0. The van der Waals surface area contributed by atoms with Gasteiger partial charge in [-0.25, -0.2) is 0 Å². The lowest BCUT2D eigenvalue weighted by molar-refractivity contribution is -0.117. The Morgan fingerprint density at radius 1 is 1.40 bits per heavy atom. The highest BCUT2D eigenvalue weighted by Gasteiger charge is 2.58. The fourth-order valence-electron chi connectivity index (χ4n) is 3.73. The molecule has 1 heterocycles. The highest BCUT2D eigenvalue weighted by molar-refractivity contribution is 5.92. The Morgan fingerprint density at radius 3 is 3.05 bits per heavy atom. The lowest BCUT2D eigenvalue weighted by Gasteiger charge is -2.18. The zero-order chi connectivity index (χ0) is 13.7. The lowest BCUT2D eigenvalue weighted by Crippen LogP contribution is -2.35. The third-order valence-electron chi connectivity index (χ3n) is 4.93. The second kappa shape index (κ2) is 4.30. The first-order chi connectivity index (χ1) is 9.62. The number of nitrogens with one attached hydrogen (secondary N) is 1. The minimum Gasteiger partial charge on any atom is -0.388 e. The van der Waals surface area contributed by atoms with E-state index in [2.05, 4.69) is 22.3 Å². The van der Waals surface area contributed by atoms with E-state index in [1.54, 1.807) is 0 Å². The van der Waals surface area contributed by atoms with Gasteiger partial charge in [-0.1, -0.05) is 6.07 Å². The van der Waals surface area contributed by atoms with E-state index in [9.17, 15) is 9.90 Å². The molecule has 1 aliphatic heterocycles. The minimum atomic E-state index is -0.478. The Hall–Kier alpha value is -1.39. The molecule has 1 amide bonds. The summed E-state index contributed by atoms with van der Waals surface area (Å²) in [7, 11) is 0. The maximum Gasteiger partial charge on any atom is 0.238 e. The van der Waals surface area contributed by atoms with Crippen molar-refractivity contribution in [2.75, 3.05) is 25.0 Å². The van der Waals surface area contributed by atoms with Crippen molar-refractivity contribution >= 4 is 11.6 Å². The van der Waals surface area contributed by atoms with Gasteiger partial charge in [-0.15, -0.1) is 0 Å². The molecule has 0 radical (unpaired) electrons. The Labute approximate surface area is 118 Å². The number of nitrogens with zero attached hydrogens (tertiary/aromatic N) is 1. The van der Waals surface area contributed by atoms with Crippen LogP contribution >= 0.6 is 0 Å². The van der Waals surface area contributed by atoms with Gasteiger partial charge in [-0.2, -0.15) is 0 Å². The first-order valence-electron chi connectivity index (χ1n) is 7.49. The molecule has 0 aromatic heterocycles. The highest BCUT2D eigenvalue weighted by atomic mass is 16.3. The van der Waals surface area contributed by atoms with E-state index in [4.69, 9.17) is 0 Å². The summed E-state index contributed by atoms with van der Waals surface area (Å²) in [6.07, 6.45) is 4.42. The molecule has 20 heavy (non-hydrogen) atoms. The van der Waals surface area contributed by atoms with Gasteiger partial charge >= 0.3 is 0 Å². The molecule has 2 unspecified atom stereocenters. The number of amides is 1. The molecule has 2 atom stereocenters. The van der Waals surface area contributed by atoms with Crippen molar-refractivity contribution in [2.24, 2.45) is 5.92 Å². The summed E-state index contributed by atoms with van der Waals surface area (Å²) in [6, 6.07) is 6.23. The van der Waals surface area contributed by atoms with Gasteiger partial charge in [0.1, 0.15) is 0 Å². The number of piperidine rings is 1. The molecule has 4 nitrogen and oxygen atoms in total. The van der Waals surface area contributed by atoms with Crippen LogP contribution in [0.5, 0.6) is 0 Å². The summed E-state index contributed by atoms with van der Waals surface area (Å²) in [6.45, 7) is 1.89. The standard InChI is InChI=1S/C16H20N2O2/c19-15(9-18-8-13-7-16(13,20)10-18)17-14-5-4-11-2-1-3-12(11)6-14/h4-6,13,20H,1-3,7-10H2,(H,17,19). The second-order valence-electron chi connectivity index (χ2n) is 6.56. The summed E-state index contributed by atoms with van der Waals surface area (Å²) < 4.78 is 0. The van der Waals surface area contributed by atoms with Gasteiger partial charge in [-0.05, 0) is 48.9 Å². The number of anilines is 1. The zero-order valence-corrected chi connectivity index (χ0v) is 11.6. The topological polar surface area (TPSA) is 52.6 Å². The number of fused-ring (bicyclic) bond motifs is 2. The van der Waals surface area contributed by atoms with Crippen LogP contribution in [-0.2, 0) is 17.6 Å². The van der Waals surface area contributed by atoms with E-state index in [0.29, 0.717) is 19.0 Å². The number of hydrogen-bond donors (Lipinski definition) is 2. The summed E-state index contributed by atoms with van der Waals surface area (Å²) in [5.41, 5.74) is 3.22. The van der Waals surface area contributed by atoms with Crippen LogP contribution in [0, 0.1) is 5.92 Å². The number of hydrogen-bond acceptors (Lipinski definition) is 3. The fourth-order valence-corrected chi connectivity index (χ4v) is 3.73. The van der Waals surface area contributed by atoms with Crippen molar-refractivity contribution in [1.29, 1.82) is 0 Å². The monoisotopic (exact) mass is 272 g/mol. The Bertz CT molecular complexity index is 572. The molecule has 3 aliphatic rings. The van der Waals surface area contributed by atoms with Gasteiger partial charge in [0, 0.05) is 24.7 Å². The van der Waals surface area contributed by atoms with Crippen LogP contribution in [0.4, 0.5) is 5.69 Å². The van der Waals surface area contributed by atoms with Crippen molar-refractivity contribution in [1.82, 2.24) is 4.90 Å². The number of aryl methyl sites for hydroxylation is 2. The van der Waals surface area contributed by atoms with E-state index >= 15 is 0 Å². The smallest absolute Gasteiger partial charge is 0.238 e. The molecule has 1 aromatic rings. The van der Waals surface area contributed by atoms with E-state index in [1.165, 1.54) is 17.5 Å². The predicted molar refractivity (Wildman–Crippen MR) is 76.6 cm³/mol. The molecule has 4 heteroatoms. The molecule has 1 saturated carbocycles. The van der Waals surface area contributed by atoms with Gasteiger partial charge in [0.05, 0.1) is 12.1 Å². The maximum absolute atomic E-state index is 12.1. The predicted octanol–water partition coefficient (Wildman–Crippen LogP) is 1.18. The third kappa shape index (κ3) is 2.13.